The third-order valence-electron chi connectivity index (χ3n) is 4.58. The third-order valence-corrected chi connectivity index (χ3v) is 6.95. The normalized spacial score (nSPS) is 16.9. The zero-order chi connectivity index (χ0) is 17.9. The van der Waals surface area contributed by atoms with Crippen LogP contribution in [0.3, 0.4) is 0 Å². The van der Waals surface area contributed by atoms with Gasteiger partial charge in [0.25, 0.3) is 0 Å². The van der Waals surface area contributed by atoms with E-state index in [2.05, 4.69) is 9.88 Å². The van der Waals surface area contributed by atoms with Gasteiger partial charge in [-0.3, -0.25) is 0 Å². The van der Waals surface area contributed by atoms with E-state index in [4.69, 9.17) is 11.6 Å². The van der Waals surface area contributed by atoms with Gasteiger partial charge in [-0.2, -0.15) is 0 Å². The highest BCUT2D eigenvalue weighted by Crippen LogP contribution is 2.24. The molecule has 2 heterocycles. The molecule has 0 spiro atoms. The van der Waals surface area contributed by atoms with Gasteiger partial charge in [-0.15, -0.1) is 0 Å². The maximum absolute atomic E-state index is 12.9. The summed E-state index contributed by atoms with van der Waals surface area (Å²) in [7, 11) is -3.44. The van der Waals surface area contributed by atoms with Crippen LogP contribution in [0.5, 0.6) is 0 Å². The molecule has 2 aromatic rings. The van der Waals surface area contributed by atoms with Crippen molar-refractivity contribution in [1.82, 2.24) is 9.88 Å². The van der Waals surface area contributed by atoms with Crippen LogP contribution in [-0.4, -0.2) is 43.2 Å². The van der Waals surface area contributed by atoms with E-state index >= 15 is 0 Å². The Labute approximate surface area is 152 Å². The van der Waals surface area contributed by atoms with Crippen molar-refractivity contribution in [1.29, 1.82) is 0 Å². The molecule has 0 radical (unpaired) electrons. The average Bonchev–Trinajstić information content (AvgIpc) is 2.62. The summed E-state index contributed by atoms with van der Waals surface area (Å²) in [6.45, 7) is 2.30. The summed E-state index contributed by atoms with van der Waals surface area (Å²) in [6.07, 6.45) is 1.99. The molecule has 0 N–H and O–H groups in total. The van der Waals surface area contributed by atoms with Gasteiger partial charge in [-0.05, 0) is 62.2 Å². The van der Waals surface area contributed by atoms with E-state index in [0.29, 0.717) is 12.8 Å². The number of hydrogen-bond acceptors (Lipinski definition) is 4. The Bertz CT molecular complexity index is 819. The Kier molecular flexibility index (Phi) is 5.71. The molecule has 1 aliphatic rings. The first-order chi connectivity index (χ1) is 11.9. The summed E-state index contributed by atoms with van der Waals surface area (Å²) in [5, 5.41) is -0.164. The monoisotopic (exact) mass is 382 g/mol. The number of nitrogens with zero attached hydrogens (tertiary/aromatic N) is 2. The quantitative estimate of drug-likeness (QED) is 0.744. The minimum Gasteiger partial charge on any atom is -0.303 e. The van der Waals surface area contributed by atoms with Crippen molar-refractivity contribution in [2.24, 2.45) is 0 Å². The number of rotatable bonds is 5. The highest BCUT2D eigenvalue weighted by atomic mass is 35.5. The maximum Gasteiger partial charge on any atom is 0.198 e. The van der Waals surface area contributed by atoms with Crippen molar-refractivity contribution >= 4 is 21.4 Å². The van der Waals surface area contributed by atoms with Crippen LogP contribution < -0.4 is 0 Å². The van der Waals surface area contributed by atoms with Crippen LogP contribution in [0.1, 0.15) is 18.4 Å². The zero-order valence-electron chi connectivity index (χ0n) is 13.7. The second kappa shape index (κ2) is 7.81. The Balaban J connectivity index is 1.55. The first kappa shape index (κ1) is 18.3. The van der Waals surface area contributed by atoms with Crippen LogP contribution in [0.15, 0.2) is 47.5 Å². The SMILES string of the molecule is O=S(=O)(c1cccc(Cl)n1)C1CCN(CCc2ccc(F)cc2)CC1. The molecule has 25 heavy (non-hydrogen) atoms. The van der Waals surface area contributed by atoms with Crippen molar-refractivity contribution in [3.05, 3.63) is 59.0 Å². The number of hydrogen-bond donors (Lipinski definition) is 0. The van der Waals surface area contributed by atoms with Crippen LogP contribution in [-0.2, 0) is 16.3 Å². The van der Waals surface area contributed by atoms with E-state index in [9.17, 15) is 12.8 Å². The first-order valence-electron chi connectivity index (χ1n) is 8.28. The van der Waals surface area contributed by atoms with E-state index in [1.54, 1.807) is 24.3 Å². The van der Waals surface area contributed by atoms with Gasteiger partial charge in [0.05, 0.1) is 5.25 Å². The summed E-state index contributed by atoms with van der Waals surface area (Å²) in [6, 6.07) is 11.2. The van der Waals surface area contributed by atoms with E-state index < -0.39 is 15.1 Å². The lowest BCUT2D eigenvalue weighted by molar-refractivity contribution is 0.232. The van der Waals surface area contributed by atoms with Crippen molar-refractivity contribution in [3.63, 3.8) is 0 Å². The maximum atomic E-state index is 12.9. The Hall–Kier alpha value is -1.50. The minimum absolute atomic E-state index is 0.0600. The van der Waals surface area contributed by atoms with Gasteiger partial charge in [0.1, 0.15) is 11.0 Å². The van der Waals surface area contributed by atoms with Gasteiger partial charge in [0, 0.05) is 6.54 Å². The van der Waals surface area contributed by atoms with Crippen LogP contribution in [0.2, 0.25) is 5.15 Å². The number of likely N-dealkylation sites (tertiary alicyclic amines) is 1. The van der Waals surface area contributed by atoms with E-state index in [-0.39, 0.29) is 16.0 Å². The van der Waals surface area contributed by atoms with E-state index in [1.807, 2.05) is 0 Å². The van der Waals surface area contributed by atoms with Gasteiger partial charge >= 0.3 is 0 Å². The van der Waals surface area contributed by atoms with Crippen molar-refractivity contribution in [3.8, 4) is 0 Å². The molecule has 134 valence electrons. The fraction of sp³-hybridized carbons (Fsp3) is 0.389. The molecule has 0 unspecified atom stereocenters. The summed E-state index contributed by atoms with van der Waals surface area (Å²) in [5.74, 6) is -0.232. The number of benzene rings is 1. The molecule has 1 aromatic carbocycles. The number of aromatic nitrogens is 1. The molecule has 1 fully saturated rings. The standard InChI is InChI=1S/C18H20ClFN2O2S/c19-17-2-1-3-18(21-17)25(23,24)16-9-12-22(13-10-16)11-8-14-4-6-15(20)7-5-14/h1-7,16H,8-13H2. The topological polar surface area (TPSA) is 50.3 Å². The van der Waals surface area contributed by atoms with E-state index in [0.717, 1.165) is 31.6 Å². The molecule has 3 rings (SSSR count). The second-order valence-corrected chi connectivity index (χ2v) is 8.82. The zero-order valence-corrected chi connectivity index (χ0v) is 15.3. The molecule has 0 saturated carbocycles. The van der Waals surface area contributed by atoms with Crippen molar-refractivity contribution in [2.75, 3.05) is 19.6 Å². The fourth-order valence-electron chi connectivity index (χ4n) is 3.10. The third kappa shape index (κ3) is 4.57. The molecule has 4 nitrogen and oxygen atoms in total. The first-order valence-corrected chi connectivity index (χ1v) is 10.2. The molecular weight excluding hydrogens is 363 g/mol. The van der Waals surface area contributed by atoms with E-state index in [1.165, 1.54) is 18.2 Å². The van der Waals surface area contributed by atoms with Crippen LogP contribution in [0.4, 0.5) is 4.39 Å². The lowest BCUT2D eigenvalue weighted by atomic mass is 10.1. The molecule has 0 atom stereocenters. The summed E-state index contributed by atoms with van der Waals surface area (Å²) in [4.78, 5) is 6.21. The average molecular weight is 383 g/mol. The van der Waals surface area contributed by atoms with Crippen LogP contribution >= 0.6 is 11.6 Å². The number of halogens is 2. The van der Waals surface area contributed by atoms with Gasteiger partial charge < -0.3 is 4.90 Å². The molecule has 0 bridgehead atoms. The second-order valence-electron chi connectivity index (χ2n) is 6.26. The fourth-order valence-corrected chi connectivity index (χ4v) is 4.98. The predicted molar refractivity (Wildman–Crippen MR) is 96.0 cm³/mol. The Morgan fingerprint density at radius 1 is 1.12 bits per heavy atom. The predicted octanol–water partition coefficient (Wildman–Crippen LogP) is 3.35. The highest BCUT2D eigenvalue weighted by molar-refractivity contribution is 7.92. The van der Waals surface area contributed by atoms with Gasteiger partial charge in [-0.25, -0.2) is 17.8 Å². The summed E-state index contributed by atoms with van der Waals surface area (Å²) >= 11 is 5.81. The van der Waals surface area contributed by atoms with Crippen LogP contribution in [0.25, 0.3) is 0 Å². The number of pyridine rings is 1. The van der Waals surface area contributed by atoms with Gasteiger partial charge in [0.15, 0.2) is 14.9 Å². The van der Waals surface area contributed by atoms with Gasteiger partial charge in [-0.1, -0.05) is 29.8 Å². The number of piperidine rings is 1. The summed E-state index contributed by atoms with van der Waals surface area (Å²) in [5.41, 5.74) is 1.08. The van der Waals surface area contributed by atoms with Crippen molar-refractivity contribution in [2.45, 2.75) is 29.5 Å². The molecule has 1 aromatic heterocycles. The van der Waals surface area contributed by atoms with Crippen LogP contribution in [0, 0.1) is 5.82 Å². The summed E-state index contributed by atoms with van der Waals surface area (Å²) < 4.78 is 38.3. The van der Waals surface area contributed by atoms with Crippen molar-refractivity contribution < 1.29 is 12.8 Å². The Morgan fingerprint density at radius 3 is 2.44 bits per heavy atom. The molecule has 1 saturated heterocycles. The highest BCUT2D eigenvalue weighted by Gasteiger charge is 2.32. The molecular formula is C18H20ClFN2O2S. The molecule has 7 heteroatoms. The molecule has 0 amide bonds. The number of sulfone groups is 1. The largest absolute Gasteiger partial charge is 0.303 e. The minimum atomic E-state index is -3.44. The lowest BCUT2D eigenvalue weighted by Crippen LogP contribution is -2.40. The molecule has 0 aliphatic carbocycles. The smallest absolute Gasteiger partial charge is 0.198 e. The lowest BCUT2D eigenvalue weighted by Gasteiger charge is -2.31. The Morgan fingerprint density at radius 2 is 1.80 bits per heavy atom. The van der Waals surface area contributed by atoms with Gasteiger partial charge in [0.2, 0.25) is 0 Å². The molecule has 1 aliphatic heterocycles.